The zero-order chi connectivity index (χ0) is 18.8. The van der Waals surface area contributed by atoms with E-state index in [4.69, 9.17) is 4.42 Å². The fourth-order valence-electron chi connectivity index (χ4n) is 2.85. The smallest absolute Gasteiger partial charge is 0.236 e. The number of aliphatic hydroxyl groups excluding tert-OH is 1. The van der Waals surface area contributed by atoms with E-state index in [1.165, 1.54) is 0 Å². The minimum Gasteiger partial charge on any atom is -0.443 e. The summed E-state index contributed by atoms with van der Waals surface area (Å²) in [6.07, 6.45) is 4.49. The van der Waals surface area contributed by atoms with Gasteiger partial charge < -0.3 is 20.2 Å². The minimum atomic E-state index is 0.0885. The summed E-state index contributed by atoms with van der Waals surface area (Å²) >= 11 is 1.61. The van der Waals surface area contributed by atoms with Crippen LogP contribution in [0.25, 0.3) is 10.8 Å². The zero-order valence-corrected chi connectivity index (χ0v) is 16.7. The van der Waals surface area contributed by atoms with Crippen molar-refractivity contribution in [3.8, 4) is 10.8 Å². The maximum Gasteiger partial charge on any atom is 0.236 e. The van der Waals surface area contributed by atoms with Gasteiger partial charge in [-0.1, -0.05) is 19.9 Å². The second kappa shape index (κ2) is 10.3. The van der Waals surface area contributed by atoms with Gasteiger partial charge in [0.2, 0.25) is 5.89 Å². The van der Waals surface area contributed by atoms with Crippen molar-refractivity contribution in [2.45, 2.75) is 46.6 Å². The number of aromatic nitrogens is 1. The number of hydrogen-bond donors (Lipinski definition) is 3. The van der Waals surface area contributed by atoms with E-state index in [0.717, 1.165) is 48.9 Å². The summed E-state index contributed by atoms with van der Waals surface area (Å²) < 4.78 is 5.54. The van der Waals surface area contributed by atoms with E-state index < -0.39 is 0 Å². The third-order valence-corrected chi connectivity index (χ3v) is 5.66. The summed E-state index contributed by atoms with van der Waals surface area (Å²) in [5, 5.41) is 18.1. The Morgan fingerprint density at radius 2 is 2.12 bits per heavy atom. The van der Waals surface area contributed by atoms with Crippen LogP contribution in [0.2, 0.25) is 0 Å². The molecule has 0 unspecified atom stereocenters. The van der Waals surface area contributed by atoms with Gasteiger partial charge in [0, 0.05) is 19.7 Å². The Hall–Kier alpha value is -1.86. The van der Waals surface area contributed by atoms with E-state index in [0.29, 0.717) is 12.4 Å². The molecule has 2 heterocycles. The van der Waals surface area contributed by atoms with Crippen LogP contribution >= 0.6 is 11.3 Å². The molecule has 7 heteroatoms. The minimum absolute atomic E-state index is 0.0885. The molecule has 0 saturated carbocycles. The molecule has 0 bridgehead atoms. The Morgan fingerprint density at radius 3 is 2.73 bits per heavy atom. The van der Waals surface area contributed by atoms with E-state index in [1.54, 1.807) is 17.6 Å². The Kier molecular flexibility index (Phi) is 8.12. The van der Waals surface area contributed by atoms with Crippen molar-refractivity contribution < 1.29 is 9.52 Å². The molecule has 0 radical (unpaired) electrons. The van der Waals surface area contributed by atoms with E-state index in [-0.39, 0.29) is 12.0 Å². The van der Waals surface area contributed by atoms with Crippen molar-refractivity contribution in [1.29, 1.82) is 0 Å². The highest BCUT2D eigenvalue weighted by Gasteiger charge is 2.25. The molecule has 0 aliphatic carbocycles. The molecule has 26 heavy (non-hydrogen) atoms. The molecule has 2 rings (SSSR count). The summed E-state index contributed by atoms with van der Waals surface area (Å²) in [6, 6.07) is 3.97. The lowest BCUT2D eigenvalue weighted by Gasteiger charge is -2.32. The topological polar surface area (TPSA) is 82.7 Å². The molecule has 144 valence electrons. The number of nitrogens with zero attached hydrogens (tertiary/aromatic N) is 2. The molecule has 0 aliphatic heterocycles. The lowest BCUT2D eigenvalue weighted by molar-refractivity contribution is 0.169. The van der Waals surface area contributed by atoms with Gasteiger partial charge in [-0.2, -0.15) is 0 Å². The molecular weight excluding hydrogens is 348 g/mol. The lowest BCUT2D eigenvalue weighted by atomic mass is 9.79. The van der Waals surface area contributed by atoms with Crippen LogP contribution in [0.3, 0.4) is 0 Å². The van der Waals surface area contributed by atoms with E-state index in [2.05, 4.69) is 34.5 Å². The number of aliphatic hydroxyl groups is 1. The van der Waals surface area contributed by atoms with Crippen molar-refractivity contribution in [2.75, 3.05) is 19.7 Å². The highest BCUT2D eigenvalue weighted by molar-refractivity contribution is 7.13. The van der Waals surface area contributed by atoms with Gasteiger partial charge in [0.15, 0.2) is 5.96 Å². The maximum atomic E-state index is 9.37. The standard InChI is InChI=1S/C19H30N4O2S/c1-4-19(5-2,9-10-24)14-22-18(20-6-3)21-12-15-13-25-17(23-15)16-8-7-11-26-16/h7-8,11,13,24H,4-6,9-10,12,14H2,1-3H3,(H2,20,21,22). The van der Waals surface area contributed by atoms with Crippen molar-refractivity contribution in [1.82, 2.24) is 15.6 Å². The van der Waals surface area contributed by atoms with Crippen molar-refractivity contribution in [2.24, 2.45) is 10.4 Å². The number of rotatable bonds is 10. The summed E-state index contributed by atoms with van der Waals surface area (Å²) in [6.45, 7) is 8.63. The molecule has 0 amide bonds. The molecule has 6 nitrogen and oxygen atoms in total. The maximum absolute atomic E-state index is 9.37. The summed E-state index contributed by atoms with van der Waals surface area (Å²) in [5.74, 6) is 1.40. The van der Waals surface area contributed by atoms with E-state index in [9.17, 15) is 5.11 Å². The third-order valence-electron chi connectivity index (χ3n) is 4.80. The first kappa shape index (κ1) is 20.5. The number of guanidine groups is 1. The fraction of sp³-hybridized carbons (Fsp3) is 0.579. The average molecular weight is 379 g/mol. The van der Waals surface area contributed by atoms with Crippen LogP contribution in [0.4, 0.5) is 0 Å². The van der Waals surface area contributed by atoms with Gasteiger partial charge in [-0.05, 0) is 43.0 Å². The van der Waals surface area contributed by atoms with Gasteiger partial charge in [-0.3, -0.25) is 0 Å². The first-order chi connectivity index (χ1) is 12.7. The number of nitrogens with one attached hydrogen (secondary N) is 2. The average Bonchev–Trinajstić information content (AvgIpc) is 3.34. The second-order valence-electron chi connectivity index (χ2n) is 6.35. The number of thiophene rings is 1. The molecule has 3 N–H and O–H groups in total. The molecule has 0 saturated heterocycles. The van der Waals surface area contributed by atoms with Gasteiger partial charge in [-0.15, -0.1) is 11.3 Å². The first-order valence-corrected chi connectivity index (χ1v) is 10.2. The van der Waals surface area contributed by atoms with Gasteiger partial charge >= 0.3 is 0 Å². The second-order valence-corrected chi connectivity index (χ2v) is 7.30. The van der Waals surface area contributed by atoms with Gasteiger partial charge in [0.1, 0.15) is 12.0 Å². The van der Waals surface area contributed by atoms with Crippen LogP contribution in [-0.4, -0.2) is 35.7 Å². The molecule has 0 atom stereocenters. The van der Waals surface area contributed by atoms with Gasteiger partial charge in [0.25, 0.3) is 0 Å². The molecule has 0 aliphatic rings. The fourth-order valence-corrected chi connectivity index (χ4v) is 3.50. The molecule has 2 aromatic rings. The van der Waals surface area contributed by atoms with Crippen LogP contribution in [0.15, 0.2) is 33.2 Å². The number of hydrogen-bond acceptors (Lipinski definition) is 5. The SMILES string of the molecule is CCNC(=NCc1coc(-c2cccs2)n1)NCC(CC)(CC)CCO. The normalized spacial score (nSPS) is 12.4. The van der Waals surface area contributed by atoms with Crippen LogP contribution in [0, 0.1) is 5.41 Å². The van der Waals surface area contributed by atoms with Gasteiger partial charge in [-0.25, -0.2) is 9.98 Å². The number of aliphatic imine (C=N–C) groups is 1. The molecular formula is C19H30N4O2S. The van der Waals surface area contributed by atoms with Crippen LogP contribution in [0.5, 0.6) is 0 Å². The van der Waals surface area contributed by atoms with E-state index >= 15 is 0 Å². The van der Waals surface area contributed by atoms with Crippen LogP contribution in [0.1, 0.15) is 45.7 Å². The molecule has 0 aromatic carbocycles. The third kappa shape index (κ3) is 5.57. The lowest BCUT2D eigenvalue weighted by Crippen LogP contribution is -2.43. The summed E-state index contributed by atoms with van der Waals surface area (Å²) in [4.78, 5) is 10.1. The molecule has 0 fully saturated rings. The Morgan fingerprint density at radius 1 is 1.31 bits per heavy atom. The van der Waals surface area contributed by atoms with Crippen molar-refractivity contribution in [3.05, 3.63) is 29.5 Å². The molecule has 0 spiro atoms. The zero-order valence-electron chi connectivity index (χ0n) is 15.9. The summed E-state index contributed by atoms with van der Waals surface area (Å²) in [7, 11) is 0. The predicted molar refractivity (Wildman–Crippen MR) is 107 cm³/mol. The van der Waals surface area contributed by atoms with E-state index in [1.807, 2.05) is 24.4 Å². The molecule has 2 aromatic heterocycles. The predicted octanol–water partition coefficient (Wildman–Crippen LogP) is 3.65. The Labute approximate surface area is 159 Å². The number of oxazole rings is 1. The van der Waals surface area contributed by atoms with Crippen LogP contribution < -0.4 is 10.6 Å². The van der Waals surface area contributed by atoms with Crippen molar-refractivity contribution >= 4 is 17.3 Å². The van der Waals surface area contributed by atoms with Crippen LogP contribution in [-0.2, 0) is 6.54 Å². The van der Waals surface area contributed by atoms with Crippen molar-refractivity contribution in [3.63, 3.8) is 0 Å². The largest absolute Gasteiger partial charge is 0.443 e. The van der Waals surface area contributed by atoms with Gasteiger partial charge in [0.05, 0.1) is 11.4 Å². The first-order valence-electron chi connectivity index (χ1n) is 9.27. The quantitative estimate of drug-likeness (QED) is 0.434. The Bertz CT molecular complexity index is 663. The highest BCUT2D eigenvalue weighted by Crippen LogP contribution is 2.29. The summed E-state index contributed by atoms with van der Waals surface area (Å²) in [5.41, 5.74) is 0.892. The monoisotopic (exact) mass is 378 g/mol. The highest BCUT2D eigenvalue weighted by atomic mass is 32.1. The Balaban J connectivity index is 2.00.